The van der Waals surface area contributed by atoms with Crippen LogP contribution < -0.4 is 4.74 Å². The molecule has 1 aromatic carbocycles. The maximum absolute atomic E-state index is 12.0. The fourth-order valence-corrected chi connectivity index (χ4v) is 1.91. The first-order valence-electron chi connectivity index (χ1n) is 7.83. The zero-order chi connectivity index (χ0) is 16.4. The molecular weight excluding hydrogens is 260 g/mol. The van der Waals surface area contributed by atoms with Crippen molar-refractivity contribution in [1.82, 2.24) is 0 Å². The van der Waals surface area contributed by atoms with Crippen LogP contribution in [0, 0.1) is 5.92 Å². The first-order chi connectivity index (χ1) is 9.45. The molecule has 0 radical (unpaired) electrons. The van der Waals surface area contributed by atoms with E-state index in [9.17, 15) is 4.79 Å². The number of benzene rings is 1. The number of ether oxygens (including phenoxy) is 1. The average molecular weight is 290 g/mol. The Balaban J connectivity index is 3.23. The number of hydrogen-bond donors (Lipinski definition) is 0. The Morgan fingerprint density at radius 2 is 1.43 bits per heavy atom. The Labute approximate surface area is 129 Å². The Morgan fingerprint density at radius 3 is 1.76 bits per heavy atom. The van der Waals surface area contributed by atoms with Crippen molar-refractivity contribution in [3.8, 4) is 5.75 Å². The normalized spacial score (nSPS) is 13.9. The van der Waals surface area contributed by atoms with Crippen molar-refractivity contribution in [1.29, 1.82) is 0 Å². The minimum atomic E-state index is -0.150. The van der Waals surface area contributed by atoms with E-state index in [1.165, 1.54) is 11.1 Å². The van der Waals surface area contributed by atoms with Gasteiger partial charge in [0, 0.05) is 0 Å². The second-order valence-corrected chi connectivity index (χ2v) is 7.98. The molecule has 0 unspecified atom stereocenters. The van der Waals surface area contributed by atoms with E-state index >= 15 is 0 Å². The predicted octanol–water partition coefficient (Wildman–Crippen LogP) is 5.23. The van der Waals surface area contributed by atoms with E-state index in [4.69, 9.17) is 4.74 Å². The maximum Gasteiger partial charge on any atom is 0.314 e. The molecule has 0 fully saturated rings. The van der Waals surface area contributed by atoms with Gasteiger partial charge in [-0.05, 0) is 40.5 Å². The van der Waals surface area contributed by atoms with E-state index < -0.39 is 0 Å². The minimum absolute atomic E-state index is 0.0266. The van der Waals surface area contributed by atoms with Crippen molar-refractivity contribution in [2.75, 3.05) is 0 Å². The van der Waals surface area contributed by atoms with Gasteiger partial charge in [-0.2, -0.15) is 0 Å². The fraction of sp³-hybridized carbons (Fsp3) is 0.632. The molecule has 1 aromatic rings. The van der Waals surface area contributed by atoms with Crippen LogP contribution in [0.2, 0.25) is 0 Å². The van der Waals surface area contributed by atoms with Gasteiger partial charge in [-0.25, -0.2) is 0 Å². The zero-order valence-corrected chi connectivity index (χ0v) is 14.8. The Morgan fingerprint density at radius 1 is 1.00 bits per heavy atom. The molecule has 0 heterocycles. The molecule has 0 N–H and O–H groups in total. The molecule has 0 aliphatic carbocycles. The van der Waals surface area contributed by atoms with Gasteiger partial charge in [0.15, 0.2) is 0 Å². The standard InChI is InChI=1S/C19H30O2/c1-9-13(2)17(20)21-16-11-14(18(3,4)5)10-15(12-16)19(6,7)8/h10-13H,9H2,1-8H3/t13-/m0/s1. The van der Waals surface area contributed by atoms with Crippen LogP contribution in [-0.2, 0) is 15.6 Å². The summed E-state index contributed by atoms with van der Waals surface area (Å²) in [6, 6.07) is 6.21. The van der Waals surface area contributed by atoms with Crippen LogP contribution in [0.3, 0.4) is 0 Å². The van der Waals surface area contributed by atoms with E-state index in [1.807, 2.05) is 26.0 Å². The Hall–Kier alpha value is -1.31. The largest absolute Gasteiger partial charge is 0.426 e. The smallest absolute Gasteiger partial charge is 0.314 e. The molecular formula is C19H30O2. The van der Waals surface area contributed by atoms with Gasteiger partial charge in [0.05, 0.1) is 5.92 Å². The van der Waals surface area contributed by atoms with Gasteiger partial charge < -0.3 is 4.74 Å². The van der Waals surface area contributed by atoms with Crippen LogP contribution in [0.5, 0.6) is 5.75 Å². The Bertz CT molecular complexity index is 469. The lowest BCUT2D eigenvalue weighted by molar-refractivity contribution is -0.138. The SMILES string of the molecule is CC[C@H](C)C(=O)Oc1cc(C(C)(C)C)cc(C(C)(C)C)c1. The molecule has 0 aromatic heterocycles. The van der Waals surface area contributed by atoms with Crippen LogP contribution >= 0.6 is 0 Å². The van der Waals surface area contributed by atoms with Crippen LogP contribution in [0.4, 0.5) is 0 Å². The molecule has 0 amide bonds. The molecule has 0 aliphatic rings. The summed E-state index contributed by atoms with van der Waals surface area (Å²) in [7, 11) is 0. The second-order valence-electron chi connectivity index (χ2n) is 7.98. The summed E-state index contributed by atoms with van der Waals surface area (Å²) >= 11 is 0. The molecule has 1 rings (SSSR count). The first kappa shape index (κ1) is 17.7. The lowest BCUT2D eigenvalue weighted by Gasteiger charge is -2.26. The number of esters is 1. The van der Waals surface area contributed by atoms with Crippen LogP contribution in [-0.4, -0.2) is 5.97 Å². The third-order valence-electron chi connectivity index (χ3n) is 3.87. The van der Waals surface area contributed by atoms with Crippen molar-refractivity contribution in [3.05, 3.63) is 29.3 Å². The van der Waals surface area contributed by atoms with E-state index in [0.29, 0.717) is 5.75 Å². The van der Waals surface area contributed by atoms with Gasteiger partial charge in [-0.3, -0.25) is 4.79 Å². The summed E-state index contributed by atoms with van der Waals surface area (Å²) in [5, 5.41) is 0. The van der Waals surface area contributed by atoms with E-state index in [1.54, 1.807) is 0 Å². The van der Waals surface area contributed by atoms with Crippen molar-refractivity contribution in [2.24, 2.45) is 5.92 Å². The van der Waals surface area contributed by atoms with Crippen molar-refractivity contribution < 1.29 is 9.53 Å². The highest BCUT2D eigenvalue weighted by atomic mass is 16.5. The van der Waals surface area contributed by atoms with Crippen molar-refractivity contribution >= 4 is 5.97 Å². The highest BCUT2D eigenvalue weighted by Gasteiger charge is 2.22. The summed E-state index contributed by atoms with van der Waals surface area (Å²) in [5.41, 5.74) is 2.45. The average Bonchev–Trinajstić information content (AvgIpc) is 2.35. The van der Waals surface area contributed by atoms with Crippen LogP contribution in [0.15, 0.2) is 18.2 Å². The van der Waals surface area contributed by atoms with Gasteiger partial charge in [0.2, 0.25) is 0 Å². The summed E-state index contributed by atoms with van der Waals surface area (Å²) in [6.07, 6.45) is 0.796. The number of carbonyl (C=O) groups excluding carboxylic acids is 1. The lowest BCUT2D eigenvalue weighted by Crippen LogP contribution is -2.20. The van der Waals surface area contributed by atoms with Crippen molar-refractivity contribution in [2.45, 2.75) is 72.6 Å². The molecule has 2 heteroatoms. The Kier molecular flexibility index (Phi) is 5.25. The van der Waals surface area contributed by atoms with Gasteiger partial charge in [0.1, 0.15) is 5.75 Å². The summed E-state index contributed by atoms with van der Waals surface area (Å²) in [4.78, 5) is 12.0. The highest BCUT2D eigenvalue weighted by Crippen LogP contribution is 2.33. The van der Waals surface area contributed by atoms with Gasteiger partial charge in [0.25, 0.3) is 0 Å². The maximum atomic E-state index is 12.0. The summed E-state index contributed by atoms with van der Waals surface area (Å²) in [6.45, 7) is 17.0. The predicted molar refractivity (Wildman–Crippen MR) is 88.9 cm³/mol. The van der Waals surface area contributed by atoms with Crippen LogP contribution in [0.1, 0.15) is 72.9 Å². The van der Waals surface area contributed by atoms with E-state index in [0.717, 1.165) is 6.42 Å². The fourth-order valence-electron chi connectivity index (χ4n) is 1.91. The highest BCUT2D eigenvalue weighted by molar-refractivity contribution is 5.74. The summed E-state index contributed by atoms with van der Waals surface area (Å²) < 4.78 is 5.60. The third kappa shape index (κ3) is 4.87. The third-order valence-corrected chi connectivity index (χ3v) is 3.87. The zero-order valence-electron chi connectivity index (χ0n) is 14.8. The molecule has 0 saturated carbocycles. The van der Waals surface area contributed by atoms with Gasteiger partial charge in [-0.1, -0.05) is 61.5 Å². The van der Waals surface area contributed by atoms with Crippen molar-refractivity contribution in [3.63, 3.8) is 0 Å². The van der Waals surface area contributed by atoms with E-state index in [-0.39, 0.29) is 22.7 Å². The van der Waals surface area contributed by atoms with Gasteiger partial charge in [-0.15, -0.1) is 0 Å². The monoisotopic (exact) mass is 290 g/mol. The molecule has 1 atom stereocenters. The lowest BCUT2D eigenvalue weighted by atomic mass is 9.80. The molecule has 2 nitrogen and oxygen atoms in total. The molecule has 118 valence electrons. The number of carbonyl (C=O) groups is 1. The molecule has 0 spiro atoms. The van der Waals surface area contributed by atoms with Gasteiger partial charge >= 0.3 is 5.97 Å². The minimum Gasteiger partial charge on any atom is -0.426 e. The molecule has 0 aliphatic heterocycles. The van der Waals surface area contributed by atoms with E-state index in [2.05, 4.69) is 47.6 Å². The second kappa shape index (κ2) is 6.21. The topological polar surface area (TPSA) is 26.3 Å². The quantitative estimate of drug-likeness (QED) is 0.562. The number of rotatable bonds is 3. The first-order valence-corrected chi connectivity index (χ1v) is 7.83. The van der Waals surface area contributed by atoms with Crippen LogP contribution in [0.25, 0.3) is 0 Å². The number of hydrogen-bond acceptors (Lipinski definition) is 2. The molecule has 21 heavy (non-hydrogen) atoms. The summed E-state index contributed by atoms with van der Waals surface area (Å²) in [5.74, 6) is 0.447. The molecule has 0 bridgehead atoms. The molecule has 0 saturated heterocycles.